The third kappa shape index (κ3) is 5.13. The summed E-state index contributed by atoms with van der Waals surface area (Å²) in [7, 11) is -3.07. The highest BCUT2D eigenvalue weighted by molar-refractivity contribution is 7.92. The molecule has 24 heavy (non-hydrogen) atoms. The molecule has 0 bridgehead atoms. The molecule has 0 spiro atoms. The molecule has 1 aromatic carbocycles. The topological polar surface area (TPSA) is 133 Å². The Kier molecular flexibility index (Phi) is 7.58. The molecule has 0 aromatic heterocycles. The first-order valence-electron chi connectivity index (χ1n) is 6.95. The second-order valence-electron chi connectivity index (χ2n) is 5.10. The van der Waals surface area contributed by atoms with E-state index in [1.165, 1.54) is 38.3 Å². The van der Waals surface area contributed by atoms with Crippen molar-refractivity contribution in [2.75, 3.05) is 13.7 Å². The second kappa shape index (κ2) is 8.75. The van der Waals surface area contributed by atoms with Gasteiger partial charge in [0.25, 0.3) is 0 Å². The largest absolute Gasteiger partial charge is 0.507 e. The Hall–Kier alpha value is -1.23. The summed E-state index contributed by atoms with van der Waals surface area (Å²) in [4.78, 5) is 12.1. The minimum atomic E-state index is -4.31. The zero-order valence-electron chi connectivity index (χ0n) is 13.1. The van der Waals surface area contributed by atoms with E-state index in [-0.39, 0.29) is 11.3 Å². The van der Waals surface area contributed by atoms with Crippen LogP contribution in [0.3, 0.4) is 0 Å². The SMILES string of the molecule is CO[C@H](CNS(=O)(=O)C(Cl)C(=O)c1ccccc1O)C(O)C(C)O. The van der Waals surface area contributed by atoms with Gasteiger partial charge in [-0.2, -0.15) is 0 Å². The van der Waals surface area contributed by atoms with Crippen LogP contribution in [-0.4, -0.2) is 66.2 Å². The molecule has 1 aromatic rings. The Morgan fingerprint density at radius 1 is 1.33 bits per heavy atom. The van der Waals surface area contributed by atoms with Gasteiger partial charge in [0.2, 0.25) is 20.5 Å². The molecule has 0 aliphatic heterocycles. The summed E-state index contributed by atoms with van der Waals surface area (Å²) in [5.41, 5.74) is -0.227. The van der Waals surface area contributed by atoms with Crippen LogP contribution >= 0.6 is 11.6 Å². The van der Waals surface area contributed by atoms with Crippen LogP contribution in [0.15, 0.2) is 24.3 Å². The number of nitrogens with one attached hydrogen (secondary N) is 1. The van der Waals surface area contributed by atoms with Gasteiger partial charge in [-0.05, 0) is 19.1 Å². The third-order valence-electron chi connectivity index (χ3n) is 3.31. The predicted octanol–water partition coefficient (Wildman–Crippen LogP) is -0.184. The number of carbonyl (C=O) groups excluding carboxylic acids is 1. The van der Waals surface area contributed by atoms with E-state index < -0.39 is 45.4 Å². The van der Waals surface area contributed by atoms with Gasteiger partial charge in [-0.3, -0.25) is 4.79 Å². The van der Waals surface area contributed by atoms with Crippen molar-refractivity contribution >= 4 is 27.4 Å². The lowest BCUT2D eigenvalue weighted by molar-refractivity contribution is -0.0659. The van der Waals surface area contributed by atoms with E-state index in [1.807, 2.05) is 0 Å². The average molecular weight is 382 g/mol. The lowest BCUT2D eigenvalue weighted by Gasteiger charge is -2.24. The summed E-state index contributed by atoms with van der Waals surface area (Å²) < 4.78 is 29.2. The van der Waals surface area contributed by atoms with E-state index in [0.29, 0.717) is 0 Å². The quantitative estimate of drug-likeness (QED) is 0.344. The summed E-state index contributed by atoms with van der Waals surface area (Å²) in [6, 6.07) is 5.41. The minimum Gasteiger partial charge on any atom is -0.507 e. The number of ketones is 1. The van der Waals surface area contributed by atoms with Crippen molar-refractivity contribution in [3.8, 4) is 5.75 Å². The molecule has 4 atom stereocenters. The van der Waals surface area contributed by atoms with Crippen LogP contribution in [-0.2, 0) is 14.8 Å². The molecule has 4 N–H and O–H groups in total. The van der Waals surface area contributed by atoms with Crippen molar-refractivity contribution in [2.24, 2.45) is 0 Å². The van der Waals surface area contributed by atoms with Crippen molar-refractivity contribution in [1.82, 2.24) is 4.72 Å². The molecule has 0 saturated heterocycles. The van der Waals surface area contributed by atoms with E-state index in [4.69, 9.17) is 16.3 Å². The Morgan fingerprint density at radius 2 is 1.92 bits per heavy atom. The van der Waals surface area contributed by atoms with E-state index >= 15 is 0 Å². The Bertz CT molecular complexity index is 665. The molecular formula is C14H20ClNO7S. The first kappa shape index (κ1) is 20.8. The molecule has 0 amide bonds. The van der Waals surface area contributed by atoms with Crippen LogP contribution in [0.4, 0.5) is 0 Å². The number of hydrogen-bond acceptors (Lipinski definition) is 7. The highest BCUT2D eigenvalue weighted by Gasteiger charge is 2.34. The number of Topliss-reactive ketones (excluding diaryl/α,β-unsaturated/α-hetero) is 1. The average Bonchev–Trinajstić information content (AvgIpc) is 2.54. The number of methoxy groups -OCH3 is 1. The van der Waals surface area contributed by atoms with Crippen LogP contribution in [0.5, 0.6) is 5.75 Å². The maximum absolute atomic E-state index is 12.1. The molecule has 136 valence electrons. The summed E-state index contributed by atoms with van der Waals surface area (Å²) in [5.74, 6) is -1.38. The van der Waals surface area contributed by atoms with E-state index in [2.05, 4.69) is 4.72 Å². The molecule has 3 unspecified atom stereocenters. The molecule has 10 heteroatoms. The van der Waals surface area contributed by atoms with Gasteiger partial charge in [0.1, 0.15) is 11.9 Å². The minimum absolute atomic E-state index is 0.227. The second-order valence-corrected chi connectivity index (χ2v) is 7.64. The first-order chi connectivity index (χ1) is 11.1. The Morgan fingerprint density at radius 3 is 2.42 bits per heavy atom. The van der Waals surface area contributed by atoms with E-state index in [9.17, 15) is 28.5 Å². The van der Waals surface area contributed by atoms with E-state index in [1.54, 1.807) is 0 Å². The van der Waals surface area contributed by atoms with Gasteiger partial charge in [0.05, 0.1) is 17.8 Å². The number of sulfonamides is 1. The Labute approximate surface area is 145 Å². The fourth-order valence-corrected chi connectivity index (χ4v) is 3.13. The smallest absolute Gasteiger partial charge is 0.236 e. The van der Waals surface area contributed by atoms with Crippen molar-refractivity contribution < 1.29 is 33.3 Å². The first-order valence-corrected chi connectivity index (χ1v) is 8.93. The van der Waals surface area contributed by atoms with Crippen LogP contribution in [0.1, 0.15) is 17.3 Å². The molecule has 0 saturated carbocycles. The zero-order valence-corrected chi connectivity index (χ0v) is 14.7. The highest BCUT2D eigenvalue weighted by atomic mass is 35.5. The maximum Gasteiger partial charge on any atom is 0.236 e. The van der Waals surface area contributed by atoms with Crippen LogP contribution in [0.25, 0.3) is 0 Å². The number of aliphatic hydroxyl groups is 2. The summed E-state index contributed by atoms with van der Waals surface area (Å²) >= 11 is 5.73. The van der Waals surface area contributed by atoms with Gasteiger partial charge in [-0.15, -0.1) is 0 Å². The number of ether oxygens (including phenoxy) is 1. The molecule has 0 aliphatic carbocycles. The van der Waals surface area contributed by atoms with E-state index in [0.717, 1.165) is 0 Å². The number of rotatable bonds is 9. The number of benzene rings is 1. The molecule has 0 radical (unpaired) electrons. The lowest BCUT2D eigenvalue weighted by Crippen LogP contribution is -2.47. The third-order valence-corrected chi connectivity index (χ3v) is 5.54. The monoisotopic (exact) mass is 381 g/mol. The number of phenols is 1. The number of aliphatic hydroxyl groups excluding tert-OH is 2. The zero-order chi connectivity index (χ0) is 18.5. The van der Waals surface area contributed by atoms with Gasteiger partial charge in [-0.25, -0.2) is 13.1 Å². The molecule has 1 rings (SSSR count). The number of alkyl halides is 1. The fraction of sp³-hybridized carbons (Fsp3) is 0.500. The van der Waals surface area contributed by atoms with Crippen LogP contribution < -0.4 is 4.72 Å². The summed E-state index contributed by atoms with van der Waals surface area (Å²) in [5, 5.41) is 28.6. The van der Waals surface area contributed by atoms with Crippen molar-refractivity contribution in [3.63, 3.8) is 0 Å². The number of aromatic hydroxyl groups is 1. The van der Waals surface area contributed by atoms with Crippen molar-refractivity contribution in [1.29, 1.82) is 0 Å². The lowest BCUT2D eigenvalue weighted by atomic mass is 10.1. The van der Waals surface area contributed by atoms with Gasteiger partial charge in [0.15, 0.2) is 0 Å². The van der Waals surface area contributed by atoms with Crippen LogP contribution in [0.2, 0.25) is 0 Å². The molecule has 0 aliphatic rings. The number of halogens is 1. The van der Waals surface area contributed by atoms with Gasteiger partial charge >= 0.3 is 0 Å². The normalized spacial score (nSPS) is 17.0. The highest BCUT2D eigenvalue weighted by Crippen LogP contribution is 2.21. The number of hydrogen-bond donors (Lipinski definition) is 4. The van der Waals surface area contributed by atoms with Crippen LogP contribution in [0, 0.1) is 0 Å². The van der Waals surface area contributed by atoms with Gasteiger partial charge in [0, 0.05) is 13.7 Å². The summed E-state index contributed by atoms with van der Waals surface area (Å²) in [6.45, 7) is 0.916. The predicted molar refractivity (Wildman–Crippen MR) is 87.5 cm³/mol. The molecule has 8 nitrogen and oxygen atoms in total. The Balaban J connectivity index is 2.84. The molecule has 0 heterocycles. The fourth-order valence-electron chi connectivity index (χ4n) is 1.87. The number of para-hydroxylation sites is 1. The summed E-state index contributed by atoms with van der Waals surface area (Å²) in [6.07, 6.45) is -3.52. The molecular weight excluding hydrogens is 362 g/mol. The maximum atomic E-state index is 12.1. The number of phenolic OH excluding ortho intramolecular Hbond substituents is 1. The van der Waals surface area contributed by atoms with Gasteiger partial charge in [-0.1, -0.05) is 23.7 Å². The van der Waals surface area contributed by atoms with Crippen molar-refractivity contribution in [2.45, 2.75) is 29.9 Å². The van der Waals surface area contributed by atoms with Gasteiger partial charge < -0.3 is 20.1 Å². The molecule has 0 fully saturated rings. The standard InChI is InChI=1S/C14H20ClNO7S/c1-8(17)12(19)11(23-2)7-16-24(21,22)14(15)13(20)9-5-3-4-6-10(9)18/h3-6,8,11-12,14,16-19H,7H2,1-2H3/t8?,11-,12?,14?/m1/s1. The van der Waals surface area contributed by atoms with Crippen molar-refractivity contribution in [3.05, 3.63) is 29.8 Å². The number of carbonyl (C=O) groups is 1.